The molecule has 1 aliphatic rings. The normalized spacial score (nSPS) is 29.1. The second kappa shape index (κ2) is 7.00. The van der Waals surface area contributed by atoms with Gasteiger partial charge in [0, 0.05) is 19.1 Å². The van der Waals surface area contributed by atoms with Crippen LogP contribution in [-0.2, 0) is 4.79 Å². The Morgan fingerprint density at radius 1 is 1.18 bits per heavy atom. The van der Waals surface area contributed by atoms with E-state index in [-0.39, 0.29) is 5.91 Å². The topological polar surface area (TPSA) is 32.3 Å². The molecular weight excluding hydrogens is 212 g/mol. The third-order valence-electron chi connectivity index (χ3n) is 4.26. The van der Waals surface area contributed by atoms with E-state index >= 15 is 0 Å². The first-order valence-electron chi connectivity index (χ1n) is 7.09. The molecule has 0 aromatic rings. The highest BCUT2D eigenvalue weighted by Crippen LogP contribution is 2.29. The Labute approximate surface area is 106 Å². The van der Waals surface area contributed by atoms with Crippen LogP contribution in [0.2, 0.25) is 0 Å². The quantitative estimate of drug-likeness (QED) is 0.799. The third kappa shape index (κ3) is 4.30. The van der Waals surface area contributed by atoms with Crippen molar-refractivity contribution in [3.05, 3.63) is 0 Å². The summed E-state index contributed by atoms with van der Waals surface area (Å²) >= 11 is 0. The van der Waals surface area contributed by atoms with Crippen LogP contribution in [0.15, 0.2) is 0 Å². The molecule has 0 aliphatic heterocycles. The van der Waals surface area contributed by atoms with Crippen LogP contribution >= 0.6 is 0 Å². The van der Waals surface area contributed by atoms with Gasteiger partial charge in [-0.05, 0) is 44.9 Å². The van der Waals surface area contributed by atoms with Crippen LogP contribution in [0, 0.1) is 11.8 Å². The predicted octanol–water partition coefficient (Wildman–Crippen LogP) is 2.27. The second-order valence-electron chi connectivity index (χ2n) is 5.41. The molecule has 1 aliphatic carbocycles. The first-order chi connectivity index (χ1) is 8.08. The van der Waals surface area contributed by atoms with Gasteiger partial charge in [-0.2, -0.15) is 0 Å². The fourth-order valence-electron chi connectivity index (χ4n) is 2.65. The highest BCUT2D eigenvalue weighted by Gasteiger charge is 2.24. The summed E-state index contributed by atoms with van der Waals surface area (Å²) in [6, 6.07) is 0.542. The first-order valence-corrected chi connectivity index (χ1v) is 7.09. The Morgan fingerprint density at radius 3 is 2.35 bits per heavy atom. The minimum atomic E-state index is 0.237. The van der Waals surface area contributed by atoms with E-state index in [1.54, 1.807) is 0 Å². The Kier molecular flexibility index (Phi) is 5.96. The number of carbonyl (C=O) groups excluding carboxylic acids is 1. The van der Waals surface area contributed by atoms with E-state index < -0.39 is 0 Å². The molecule has 0 heterocycles. The molecule has 0 radical (unpaired) electrons. The van der Waals surface area contributed by atoms with Gasteiger partial charge in [0.25, 0.3) is 0 Å². The van der Waals surface area contributed by atoms with Gasteiger partial charge in [-0.3, -0.25) is 4.79 Å². The summed E-state index contributed by atoms with van der Waals surface area (Å²) in [4.78, 5) is 13.7. The Morgan fingerprint density at radius 2 is 1.82 bits per heavy atom. The summed E-state index contributed by atoms with van der Waals surface area (Å²) in [6.07, 6.45) is 3.72. The number of nitrogens with one attached hydrogen (secondary N) is 1. The van der Waals surface area contributed by atoms with Gasteiger partial charge in [0.15, 0.2) is 0 Å². The lowest BCUT2D eigenvalue weighted by molar-refractivity contribution is -0.130. The van der Waals surface area contributed by atoms with Crippen LogP contribution < -0.4 is 5.32 Å². The maximum absolute atomic E-state index is 11.9. The molecule has 1 fully saturated rings. The second-order valence-corrected chi connectivity index (χ2v) is 5.41. The largest absolute Gasteiger partial charge is 0.342 e. The summed E-state index contributed by atoms with van der Waals surface area (Å²) in [5.74, 6) is 1.86. The minimum absolute atomic E-state index is 0.237. The fraction of sp³-hybridized carbons (Fsp3) is 0.929. The van der Waals surface area contributed by atoms with Crippen molar-refractivity contribution in [2.24, 2.45) is 11.8 Å². The van der Waals surface area contributed by atoms with E-state index in [0.29, 0.717) is 12.6 Å². The maximum atomic E-state index is 11.9. The van der Waals surface area contributed by atoms with E-state index in [0.717, 1.165) is 24.9 Å². The van der Waals surface area contributed by atoms with Gasteiger partial charge in [-0.1, -0.05) is 13.8 Å². The maximum Gasteiger partial charge on any atom is 0.236 e. The Hall–Kier alpha value is -0.570. The van der Waals surface area contributed by atoms with Crippen molar-refractivity contribution in [3.63, 3.8) is 0 Å². The van der Waals surface area contributed by atoms with E-state index in [2.05, 4.69) is 19.2 Å². The van der Waals surface area contributed by atoms with Gasteiger partial charge in [0.2, 0.25) is 5.91 Å². The smallest absolute Gasteiger partial charge is 0.236 e. The molecule has 3 nitrogen and oxygen atoms in total. The Bertz CT molecular complexity index is 238. The summed E-state index contributed by atoms with van der Waals surface area (Å²) in [7, 11) is 0. The predicted molar refractivity (Wildman–Crippen MR) is 71.9 cm³/mol. The lowest BCUT2D eigenvalue weighted by Gasteiger charge is -2.33. The lowest BCUT2D eigenvalue weighted by atomic mass is 9.79. The monoisotopic (exact) mass is 240 g/mol. The molecule has 100 valence electrons. The first kappa shape index (κ1) is 14.5. The van der Waals surface area contributed by atoms with E-state index in [4.69, 9.17) is 0 Å². The number of carbonyl (C=O) groups is 1. The van der Waals surface area contributed by atoms with Gasteiger partial charge >= 0.3 is 0 Å². The number of rotatable bonds is 5. The van der Waals surface area contributed by atoms with Crippen LogP contribution in [0.4, 0.5) is 0 Å². The fourth-order valence-corrected chi connectivity index (χ4v) is 2.65. The van der Waals surface area contributed by atoms with E-state index in [1.165, 1.54) is 19.3 Å². The van der Waals surface area contributed by atoms with Crippen LogP contribution in [-0.4, -0.2) is 36.5 Å². The SMILES string of the molecule is CCN(CC)C(=O)CNC1CCC(C)C(C)C1. The minimum Gasteiger partial charge on any atom is -0.342 e. The summed E-state index contributed by atoms with van der Waals surface area (Å²) in [5, 5.41) is 3.43. The van der Waals surface area contributed by atoms with Crippen molar-refractivity contribution in [1.82, 2.24) is 10.2 Å². The lowest BCUT2D eigenvalue weighted by Crippen LogP contribution is -2.43. The van der Waals surface area contributed by atoms with Crippen molar-refractivity contribution in [3.8, 4) is 0 Å². The van der Waals surface area contributed by atoms with Crippen LogP contribution in [0.1, 0.15) is 47.0 Å². The van der Waals surface area contributed by atoms with Gasteiger partial charge in [-0.15, -0.1) is 0 Å². The van der Waals surface area contributed by atoms with Crippen molar-refractivity contribution >= 4 is 5.91 Å². The molecule has 0 aromatic heterocycles. The average molecular weight is 240 g/mol. The van der Waals surface area contributed by atoms with Crippen molar-refractivity contribution in [2.75, 3.05) is 19.6 Å². The zero-order valence-corrected chi connectivity index (χ0v) is 11.8. The molecule has 0 spiro atoms. The summed E-state index contributed by atoms with van der Waals surface area (Å²) < 4.78 is 0. The number of likely N-dealkylation sites (N-methyl/N-ethyl adjacent to an activating group) is 1. The molecule has 1 amide bonds. The molecule has 1 saturated carbocycles. The van der Waals surface area contributed by atoms with Gasteiger partial charge in [-0.25, -0.2) is 0 Å². The molecule has 3 unspecified atom stereocenters. The standard InChI is InChI=1S/C14H28N2O/c1-5-16(6-2)14(17)10-15-13-8-7-11(3)12(4)9-13/h11-13,15H,5-10H2,1-4H3. The zero-order chi connectivity index (χ0) is 12.8. The number of nitrogens with zero attached hydrogens (tertiary/aromatic N) is 1. The summed E-state index contributed by atoms with van der Waals surface area (Å²) in [6.45, 7) is 10.9. The van der Waals surface area contributed by atoms with Crippen LogP contribution in [0.25, 0.3) is 0 Å². The zero-order valence-electron chi connectivity index (χ0n) is 11.8. The molecule has 1 N–H and O–H groups in total. The molecule has 3 atom stereocenters. The molecule has 3 heteroatoms. The number of hydrogen-bond donors (Lipinski definition) is 1. The summed E-state index contributed by atoms with van der Waals surface area (Å²) in [5.41, 5.74) is 0. The van der Waals surface area contributed by atoms with Crippen molar-refractivity contribution in [2.45, 2.75) is 53.0 Å². The Balaban J connectivity index is 2.29. The third-order valence-corrected chi connectivity index (χ3v) is 4.26. The van der Waals surface area contributed by atoms with E-state index in [1.807, 2.05) is 18.7 Å². The van der Waals surface area contributed by atoms with Gasteiger partial charge < -0.3 is 10.2 Å². The van der Waals surface area contributed by atoms with Crippen LogP contribution in [0.5, 0.6) is 0 Å². The van der Waals surface area contributed by atoms with Crippen LogP contribution in [0.3, 0.4) is 0 Å². The molecule has 0 saturated heterocycles. The molecule has 0 bridgehead atoms. The highest BCUT2D eigenvalue weighted by molar-refractivity contribution is 5.78. The number of hydrogen-bond acceptors (Lipinski definition) is 2. The average Bonchev–Trinajstić information content (AvgIpc) is 2.32. The molecular formula is C14H28N2O. The van der Waals surface area contributed by atoms with Gasteiger partial charge in [0.1, 0.15) is 0 Å². The van der Waals surface area contributed by atoms with Crippen molar-refractivity contribution in [1.29, 1.82) is 0 Å². The molecule has 0 aromatic carbocycles. The number of amides is 1. The van der Waals surface area contributed by atoms with E-state index in [9.17, 15) is 4.79 Å². The van der Waals surface area contributed by atoms with Crippen molar-refractivity contribution < 1.29 is 4.79 Å². The molecule has 1 rings (SSSR count). The highest BCUT2D eigenvalue weighted by atomic mass is 16.2. The molecule has 17 heavy (non-hydrogen) atoms. The van der Waals surface area contributed by atoms with Gasteiger partial charge in [0.05, 0.1) is 6.54 Å².